The van der Waals surface area contributed by atoms with Crippen LogP contribution < -0.4 is 5.73 Å². The summed E-state index contributed by atoms with van der Waals surface area (Å²) in [6.07, 6.45) is 3.18. The molecule has 6 heteroatoms. The van der Waals surface area contributed by atoms with E-state index in [1.165, 1.54) is 6.42 Å². The van der Waals surface area contributed by atoms with Crippen LogP contribution in [0.15, 0.2) is 0 Å². The van der Waals surface area contributed by atoms with Crippen molar-refractivity contribution in [3.63, 3.8) is 0 Å². The summed E-state index contributed by atoms with van der Waals surface area (Å²) in [5.41, 5.74) is 5.39. The van der Waals surface area contributed by atoms with Crippen LogP contribution in [0.25, 0.3) is 0 Å². The Hall–Kier alpha value is -1.59. The van der Waals surface area contributed by atoms with E-state index in [9.17, 15) is 4.79 Å². The van der Waals surface area contributed by atoms with Crippen molar-refractivity contribution in [1.82, 2.24) is 15.2 Å². The van der Waals surface area contributed by atoms with Crippen LogP contribution in [0.5, 0.6) is 0 Å². The third-order valence-corrected chi connectivity index (χ3v) is 3.92. The number of anilines is 1. The van der Waals surface area contributed by atoms with Crippen LogP contribution in [0.2, 0.25) is 0 Å². The van der Waals surface area contributed by atoms with Crippen molar-refractivity contribution in [1.29, 1.82) is 0 Å². The fourth-order valence-corrected chi connectivity index (χ4v) is 2.81. The molecule has 1 fully saturated rings. The molecule has 1 aromatic rings. The second-order valence-electron chi connectivity index (χ2n) is 5.81. The molecule has 0 saturated heterocycles. The van der Waals surface area contributed by atoms with Crippen molar-refractivity contribution in [3.05, 3.63) is 5.82 Å². The second kappa shape index (κ2) is 5.59. The summed E-state index contributed by atoms with van der Waals surface area (Å²) in [6, 6.07) is 0. The molecule has 0 aliphatic heterocycles. The number of nitrogens with two attached hydrogens (primary N) is 1. The first-order valence-corrected chi connectivity index (χ1v) is 6.86. The molecule has 0 radical (unpaired) electrons. The van der Waals surface area contributed by atoms with Crippen LogP contribution in [0.1, 0.15) is 50.7 Å². The molecule has 19 heavy (non-hydrogen) atoms. The fraction of sp³-hybridized carbons (Fsp3) is 0.769. The molecule has 1 aromatic heterocycles. The number of nitrogens with one attached hydrogen (secondary N) is 1. The Morgan fingerprint density at radius 3 is 2.79 bits per heavy atom. The minimum Gasteiger partial charge on any atom is -0.456 e. The first kappa shape index (κ1) is 13.8. The number of hydrogen-bond acceptors (Lipinski definition) is 5. The third-order valence-electron chi connectivity index (χ3n) is 3.92. The number of nitrogens with zero attached hydrogens (tertiary/aromatic N) is 2. The standard InChI is InChI=1S/C13H22N4O2/c1-7(2)9-5-4-8(3)6-10(9)19-12(18)11-15-13(14)17-16-11/h7-10H,4-6H2,1-3H3,(H3,14,15,16,17). The Bertz CT molecular complexity index is 444. The smallest absolute Gasteiger partial charge is 0.376 e. The molecule has 1 aliphatic carbocycles. The summed E-state index contributed by atoms with van der Waals surface area (Å²) < 4.78 is 5.61. The Morgan fingerprint density at radius 2 is 2.21 bits per heavy atom. The van der Waals surface area contributed by atoms with Crippen molar-refractivity contribution in [2.45, 2.75) is 46.1 Å². The molecule has 1 heterocycles. The Labute approximate surface area is 113 Å². The second-order valence-corrected chi connectivity index (χ2v) is 5.81. The van der Waals surface area contributed by atoms with Gasteiger partial charge in [-0.2, -0.15) is 4.98 Å². The molecule has 106 valence electrons. The van der Waals surface area contributed by atoms with E-state index in [0.717, 1.165) is 12.8 Å². The molecular weight excluding hydrogens is 244 g/mol. The number of carbonyl (C=O) groups excluding carboxylic acids is 1. The molecule has 3 atom stereocenters. The topological polar surface area (TPSA) is 93.9 Å². The number of rotatable bonds is 3. The highest BCUT2D eigenvalue weighted by Gasteiger charge is 2.34. The third kappa shape index (κ3) is 3.24. The Kier molecular flexibility index (Phi) is 4.07. The largest absolute Gasteiger partial charge is 0.456 e. The maximum atomic E-state index is 12.0. The predicted octanol–water partition coefficient (Wildman–Crippen LogP) is 2.00. The van der Waals surface area contributed by atoms with Crippen LogP contribution in [0.3, 0.4) is 0 Å². The van der Waals surface area contributed by atoms with Gasteiger partial charge in [0.15, 0.2) is 0 Å². The minimum atomic E-state index is -0.464. The number of carbonyl (C=O) groups is 1. The number of aromatic nitrogens is 3. The van der Waals surface area contributed by atoms with Crippen molar-refractivity contribution < 1.29 is 9.53 Å². The summed E-state index contributed by atoms with van der Waals surface area (Å²) in [5.74, 6) is 1.19. The molecule has 0 aromatic carbocycles. The summed E-state index contributed by atoms with van der Waals surface area (Å²) in [5, 5.41) is 6.13. The lowest BCUT2D eigenvalue weighted by molar-refractivity contribution is -0.0184. The Balaban J connectivity index is 2.04. The normalized spacial score (nSPS) is 27.5. The zero-order valence-electron chi connectivity index (χ0n) is 11.7. The molecule has 3 unspecified atom stereocenters. The van der Waals surface area contributed by atoms with Crippen molar-refractivity contribution in [2.24, 2.45) is 17.8 Å². The molecule has 0 spiro atoms. The van der Waals surface area contributed by atoms with Gasteiger partial charge in [-0.1, -0.05) is 27.2 Å². The quantitative estimate of drug-likeness (QED) is 0.816. The first-order chi connectivity index (χ1) is 8.97. The van der Waals surface area contributed by atoms with E-state index in [0.29, 0.717) is 17.8 Å². The maximum Gasteiger partial charge on any atom is 0.376 e. The molecule has 3 N–H and O–H groups in total. The fourth-order valence-electron chi connectivity index (χ4n) is 2.81. The highest BCUT2D eigenvalue weighted by molar-refractivity contribution is 5.85. The van der Waals surface area contributed by atoms with Gasteiger partial charge in [0.25, 0.3) is 0 Å². The van der Waals surface area contributed by atoms with E-state index in [1.807, 2.05) is 0 Å². The van der Waals surface area contributed by atoms with Crippen LogP contribution in [0.4, 0.5) is 5.95 Å². The summed E-state index contributed by atoms with van der Waals surface area (Å²) in [4.78, 5) is 15.8. The van der Waals surface area contributed by atoms with E-state index < -0.39 is 5.97 Å². The molecule has 2 rings (SSSR count). The molecule has 1 saturated carbocycles. The number of ether oxygens (including phenoxy) is 1. The molecule has 0 amide bonds. The highest BCUT2D eigenvalue weighted by Crippen LogP contribution is 2.35. The van der Waals surface area contributed by atoms with E-state index in [1.54, 1.807) is 0 Å². The van der Waals surface area contributed by atoms with Gasteiger partial charge in [-0.3, -0.25) is 5.10 Å². The lowest BCUT2D eigenvalue weighted by atomic mass is 9.75. The molecule has 1 aliphatic rings. The van der Waals surface area contributed by atoms with Crippen LogP contribution >= 0.6 is 0 Å². The van der Waals surface area contributed by atoms with E-state index in [4.69, 9.17) is 10.5 Å². The SMILES string of the molecule is CC1CCC(C(C)C)C(OC(=O)c2nc(N)n[nH]2)C1. The monoisotopic (exact) mass is 266 g/mol. The van der Waals surface area contributed by atoms with Gasteiger partial charge < -0.3 is 10.5 Å². The summed E-state index contributed by atoms with van der Waals surface area (Å²) in [7, 11) is 0. The molecule has 0 bridgehead atoms. The number of esters is 1. The Morgan fingerprint density at radius 1 is 1.47 bits per heavy atom. The van der Waals surface area contributed by atoms with Gasteiger partial charge in [0, 0.05) is 0 Å². The highest BCUT2D eigenvalue weighted by atomic mass is 16.5. The van der Waals surface area contributed by atoms with Gasteiger partial charge in [0.2, 0.25) is 11.8 Å². The van der Waals surface area contributed by atoms with Crippen molar-refractivity contribution in [3.8, 4) is 0 Å². The zero-order chi connectivity index (χ0) is 14.0. The van der Waals surface area contributed by atoms with Gasteiger partial charge in [-0.05, 0) is 30.6 Å². The molecule has 6 nitrogen and oxygen atoms in total. The average molecular weight is 266 g/mol. The van der Waals surface area contributed by atoms with Crippen LogP contribution in [-0.2, 0) is 4.74 Å². The lowest BCUT2D eigenvalue weighted by Gasteiger charge is -2.36. The zero-order valence-corrected chi connectivity index (χ0v) is 11.7. The predicted molar refractivity (Wildman–Crippen MR) is 71.3 cm³/mol. The van der Waals surface area contributed by atoms with E-state index in [2.05, 4.69) is 36.0 Å². The number of aromatic amines is 1. The van der Waals surface area contributed by atoms with Gasteiger partial charge in [-0.15, -0.1) is 5.10 Å². The molecular formula is C13H22N4O2. The van der Waals surface area contributed by atoms with Gasteiger partial charge in [-0.25, -0.2) is 4.79 Å². The number of H-pyrrole nitrogens is 1. The summed E-state index contributed by atoms with van der Waals surface area (Å²) in [6.45, 7) is 6.55. The van der Waals surface area contributed by atoms with Gasteiger partial charge >= 0.3 is 5.97 Å². The number of hydrogen-bond donors (Lipinski definition) is 2. The average Bonchev–Trinajstić information content (AvgIpc) is 2.75. The summed E-state index contributed by atoms with van der Waals surface area (Å²) >= 11 is 0. The van der Waals surface area contributed by atoms with Crippen molar-refractivity contribution >= 4 is 11.9 Å². The van der Waals surface area contributed by atoms with E-state index >= 15 is 0 Å². The van der Waals surface area contributed by atoms with Gasteiger partial charge in [0.1, 0.15) is 6.10 Å². The van der Waals surface area contributed by atoms with E-state index in [-0.39, 0.29) is 17.9 Å². The first-order valence-electron chi connectivity index (χ1n) is 6.86. The lowest BCUT2D eigenvalue weighted by Crippen LogP contribution is -2.36. The maximum absolute atomic E-state index is 12.0. The number of nitrogen functional groups attached to an aromatic ring is 1. The van der Waals surface area contributed by atoms with Crippen LogP contribution in [0, 0.1) is 17.8 Å². The van der Waals surface area contributed by atoms with Gasteiger partial charge in [0.05, 0.1) is 0 Å². The van der Waals surface area contributed by atoms with Crippen molar-refractivity contribution in [2.75, 3.05) is 5.73 Å². The minimum absolute atomic E-state index is 0.0393. The van der Waals surface area contributed by atoms with Crippen LogP contribution in [-0.4, -0.2) is 27.3 Å².